The largest absolute Gasteiger partial charge is 0.456 e. The maximum absolute atomic E-state index is 6.43. The number of rotatable bonds is 5. The van der Waals surface area contributed by atoms with Gasteiger partial charge in [0.25, 0.3) is 0 Å². The molecule has 224 valence electrons. The van der Waals surface area contributed by atoms with Crippen molar-refractivity contribution in [3.63, 3.8) is 0 Å². The van der Waals surface area contributed by atoms with Crippen LogP contribution in [0.1, 0.15) is 25.0 Å². The third-order valence-corrected chi connectivity index (χ3v) is 9.82. The fourth-order valence-electron chi connectivity index (χ4n) is 7.45. The van der Waals surface area contributed by atoms with Crippen molar-refractivity contribution in [2.45, 2.75) is 19.3 Å². The van der Waals surface area contributed by atoms with Crippen LogP contribution in [0.15, 0.2) is 168 Å². The number of hydrogen-bond acceptors (Lipinski definition) is 2. The minimum Gasteiger partial charge on any atom is -0.456 e. The maximum Gasteiger partial charge on any atom is 0.139 e. The Balaban J connectivity index is 1.15. The van der Waals surface area contributed by atoms with Crippen molar-refractivity contribution < 1.29 is 4.42 Å². The average molecular weight is 604 g/mol. The predicted octanol–water partition coefficient (Wildman–Crippen LogP) is 12.7. The molecule has 2 nitrogen and oxygen atoms in total. The normalized spacial score (nSPS) is 13.1. The van der Waals surface area contributed by atoms with Crippen LogP contribution >= 0.6 is 0 Å². The van der Waals surface area contributed by atoms with Gasteiger partial charge in [-0.05, 0) is 87.1 Å². The molecule has 0 fully saturated rings. The first-order valence-corrected chi connectivity index (χ1v) is 16.3. The molecule has 0 unspecified atom stereocenters. The summed E-state index contributed by atoms with van der Waals surface area (Å²) in [5.74, 6) is 1.01. The molecule has 0 radical (unpaired) electrons. The van der Waals surface area contributed by atoms with Gasteiger partial charge in [-0.25, -0.2) is 0 Å². The van der Waals surface area contributed by atoms with Crippen molar-refractivity contribution in [1.29, 1.82) is 0 Å². The van der Waals surface area contributed by atoms with Gasteiger partial charge in [0.15, 0.2) is 0 Å². The van der Waals surface area contributed by atoms with E-state index in [1.165, 1.54) is 55.1 Å². The molecule has 0 aliphatic heterocycles. The summed E-state index contributed by atoms with van der Waals surface area (Å²) in [6, 6.07) is 58.9. The van der Waals surface area contributed by atoms with Crippen LogP contribution in [0.4, 0.5) is 17.1 Å². The van der Waals surface area contributed by atoms with Crippen LogP contribution in [-0.4, -0.2) is 0 Å². The van der Waals surface area contributed by atoms with Crippen molar-refractivity contribution >= 4 is 38.8 Å². The minimum absolute atomic E-state index is 0.164. The lowest BCUT2D eigenvalue weighted by Crippen LogP contribution is -2.15. The highest BCUT2D eigenvalue weighted by Crippen LogP contribution is 2.53. The van der Waals surface area contributed by atoms with Crippen molar-refractivity contribution in [1.82, 2.24) is 0 Å². The summed E-state index contributed by atoms with van der Waals surface area (Å²) in [4.78, 5) is 2.36. The summed E-state index contributed by atoms with van der Waals surface area (Å²) in [5, 5.41) is 3.66. The monoisotopic (exact) mass is 603 g/mol. The van der Waals surface area contributed by atoms with Crippen molar-refractivity contribution in [3.05, 3.63) is 175 Å². The van der Waals surface area contributed by atoms with Crippen molar-refractivity contribution in [3.8, 4) is 33.6 Å². The number of nitrogens with zero attached hydrogens (tertiary/aromatic N) is 1. The van der Waals surface area contributed by atoms with Gasteiger partial charge in [0.05, 0.1) is 0 Å². The van der Waals surface area contributed by atoms with Crippen LogP contribution in [0, 0.1) is 0 Å². The molecule has 0 amide bonds. The van der Waals surface area contributed by atoms with E-state index in [4.69, 9.17) is 4.42 Å². The number of fused-ring (bicyclic) bond motifs is 6. The second kappa shape index (κ2) is 10.6. The van der Waals surface area contributed by atoms with Crippen LogP contribution in [0.3, 0.4) is 0 Å². The maximum atomic E-state index is 6.43. The zero-order valence-electron chi connectivity index (χ0n) is 26.4. The quantitative estimate of drug-likeness (QED) is 0.195. The molecule has 0 N–H and O–H groups in total. The Bertz CT molecular complexity index is 2430. The molecule has 47 heavy (non-hydrogen) atoms. The Morgan fingerprint density at radius 1 is 0.468 bits per heavy atom. The highest BCUT2D eigenvalue weighted by Gasteiger charge is 2.40. The number of furan rings is 1. The van der Waals surface area contributed by atoms with E-state index in [1.807, 2.05) is 6.07 Å². The molecule has 1 heterocycles. The Morgan fingerprint density at radius 2 is 1.11 bits per heavy atom. The summed E-state index contributed by atoms with van der Waals surface area (Å²) < 4.78 is 6.43. The fraction of sp³-hybridized carbons (Fsp3) is 0.0667. The molecule has 0 bridgehead atoms. The molecule has 0 spiro atoms. The molecule has 9 rings (SSSR count). The van der Waals surface area contributed by atoms with Crippen LogP contribution in [0.5, 0.6) is 0 Å². The third kappa shape index (κ3) is 4.48. The van der Waals surface area contributed by atoms with Gasteiger partial charge >= 0.3 is 0 Å². The smallest absolute Gasteiger partial charge is 0.139 e. The Labute approximate surface area is 275 Å². The molecular formula is C45H33NO. The molecule has 1 aromatic heterocycles. The third-order valence-electron chi connectivity index (χ3n) is 9.82. The lowest BCUT2D eigenvalue weighted by atomic mass is 9.80. The van der Waals surface area contributed by atoms with E-state index >= 15 is 0 Å². The number of para-hydroxylation sites is 1. The lowest BCUT2D eigenvalue weighted by molar-refractivity contribution is 0.619. The zero-order valence-corrected chi connectivity index (χ0v) is 26.4. The summed E-state index contributed by atoms with van der Waals surface area (Å²) >= 11 is 0. The lowest BCUT2D eigenvalue weighted by Gasteiger charge is -2.27. The highest BCUT2D eigenvalue weighted by atomic mass is 16.3. The van der Waals surface area contributed by atoms with Gasteiger partial charge in [-0.1, -0.05) is 129 Å². The van der Waals surface area contributed by atoms with E-state index in [0.29, 0.717) is 0 Å². The molecule has 2 heteroatoms. The highest BCUT2D eigenvalue weighted by molar-refractivity contribution is 5.95. The van der Waals surface area contributed by atoms with Crippen LogP contribution in [0.2, 0.25) is 0 Å². The number of anilines is 3. The van der Waals surface area contributed by atoms with Gasteiger partial charge in [-0.2, -0.15) is 0 Å². The molecule has 0 atom stereocenters. The van der Waals surface area contributed by atoms with E-state index < -0.39 is 0 Å². The van der Waals surface area contributed by atoms with Gasteiger partial charge in [0.2, 0.25) is 0 Å². The van der Waals surface area contributed by atoms with Crippen molar-refractivity contribution in [2.75, 3.05) is 4.90 Å². The summed E-state index contributed by atoms with van der Waals surface area (Å²) in [6.45, 7) is 4.64. The van der Waals surface area contributed by atoms with Gasteiger partial charge in [0, 0.05) is 39.0 Å². The van der Waals surface area contributed by atoms with Gasteiger partial charge in [0.1, 0.15) is 11.3 Å². The molecule has 7 aromatic carbocycles. The predicted molar refractivity (Wildman–Crippen MR) is 197 cm³/mol. The Morgan fingerprint density at radius 3 is 1.96 bits per heavy atom. The van der Waals surface area contributed by atoms with Crippen molar-refractivity contribution in [2.24, 2.45) is 0 Å². The SMILES string of the molecule is CC1(C)c2cc(-c3cccc(N(c4ccc(-c5ccccc5)cc4)c4ccc5ccccc5c4)c3)ccc2-c2oc3ccccc3c21. The standard InChI is InChI=1S/C45H33NO/c1-45(2)41-29-35(22-26-39(41)44-43(45)40-17-8-9-18-42(40)47-44)34-15-10-16-37(28-34)46(38-25-21-31-13-6-7-14-33(31)27-38)36-23-19-32(20-24-36)30-11-4-3-5-12-30/h3-29H,1-2H3. The molecule has 0 saturated heterocycles. The molecule has 0 saturated carbocycles. The van der Waals surface area contributed by atoms with Crippen LogP contribution < -0.4 is 4.90 Å². The Kier molecular flexibility index (Phi) is 6.20. The summed E-state index contributed by atoms with van der Waals surface area (Å²) in [7, 11) is 0. The first kappa shape index (κ1) is 27.5. The van der Waals surface area contributed by atoms with E-state index in [9.17, 15) is 0 Å². The Hall–Kier alpha value is -5.86. The average Bonchev–Trinajstić information content (AvgIpc) is 3.62. The van der Waals surface area contributed by atoms with Gasteiger partial charge < -0.3 is 9.32 Å². The second-order valence-electron chi connectivity index (χ2n) is 13.0. The summed E-state index contributed by atoms with van der Waals surface area (Å²) in [6.07, 6.45) is 0. The van der Waals surface area contributed by atoms with Crippen LogP contribution in [0.25, 0.3) is 55.3 Å². The first-order chi connectivity index (χ1) is 23.0. The van der Waals surface area contributed by atoms with E-state index in [-0.39, 0.29) is 5.41 Å². The van der Waals surface area contributed by atoms with E-state index in [2.05, 4.69) is 176 Å². The summed E-state index contributed by atoms with van der Waals surface area (Å²) in [5.41, 5.74) is 12.7. The molecular weight excluding hydrogens is 571 g/mol. The first-order valence-electron chi connectivity index (χ1n) is 16.3. The van der Waals surface area contributed by atoms with Gasteiger partial charge in [-0.3, -0.25) is 0 Å². The van der Waals surface area contributed by atoms with E-state index in [1.54, 1.807) is 0 Å². The van der Waals surface area contributed by atoms with E-state index in [0.717, 1.165) is 28.4 Å². The van der Waals surface area contributed by atoms with Gasteiger partial charge in [-0.15, -0.1) is 0 Å². The minimum atomic E-state index is -0.164. The topological polar surface area (TPSA) is 16.4 Å². The molecule has 8 aromatic rings. The molecule has 1 aliphatic carbocycles. The molecule has 1 aliphatic rings. The zero-order chi connectivity index (χ0) is 31.5. The number of benzene rings is 7. The fourth-order valence-corrected chi connectivity index (χ4v) is 7.45. The number of hydrogen-bond donors (Lipinski definition) is 0. The van der Waals surface area contributed by atoms with Crippen LogP contribution in [-0.2, 0) is 5.41 Å². The second-order valence-corrected chi connectivity index (χ2v) is 13.0.